The lowest BCUT2D eigenvalue weighted by atomic mass is 10.0. The number of amides is 2. The van der Waals surface area contributed by atoms with Gasteiger partial charge in [0.05, 0.1) is 17.5 Å². The minimum Gasteiger partial charge on any atom is -0.451 e. The van der Waals surface area contributed by atoms with Crippen LogP contribution in [0.4, 0.5) is 10.1 Å². The standard InChI is InChI=1S/C39H39FN6O4/c40-30-20-28-35-38(36(30)45-16-11-25(22-45)42-34(47)19-24-21-41-31-8-2-1-7-27(24)31)50-33-10-4-3-9-32(33)46(35)23-29(37(28)48)39(49)44-17-12-26(13-18-44)43-14-5-6-15-43/h1-4,7-10,20-21,23,25-26,41H,5-6,11-19,22H2,(H,42,47). The SMILES string of the molecule is O=C(Cc1c[nH]c2ccccc12)NC1CCN(c2c(F)cc3c(=O)c(C(=O)N4CCC(N5CCCC5)CC4)cn4c3c2Oc2ccccc2-4)C1. The number of hydrogen-bond acceptors (Lipinski definition) is 6. The number of pyridine rings is 1. The first-order valence-electron chi connectivity index (χ1n) is 17.7. The Balaban J connectivity index is 1.01. The average molecular weight is 675 g/mol. The van der Waals surface area contributed by atoms with Crippen LogP contribution >= 0.6 is 0 Å². The summed E-state index contributed by atoms with van der Waals surface area (Å²) in [4.78, 5) is 50.5. The fourth-order valence-corrected chi connectivity index (χ4v) is 8.52. The first kappa shape index (κ1) is 30.9. The minimum absolute atomic E-state index is 0.0334. The van der Waals surface area contributed by atoms with E-state index >= 15 is 4.39 Å². The van der Waals surface area contributed by atoms with E-state index in [0.717, 1.165) is 42.4 Å². The van der Waals surface area contributed by atoms with Crippen LogP contribution in [-0.2, 0) is 11.2 Å². The molecule has 3 saturated heterocycles. The number of rotatable bonds is 6. The Morgan fingerprint density at radius 3 is 2.56 bits per heavy atom. The number of aromatic nitrogens is 2. The molecule has 3 fully saturated rings. The lowest BCUT2D eigenvalue weighted by Crippen LogP contribution is -2.46. The van der Waals surface area contributed by atoms with Gasteiger partial charge in [-0.2, -0.15) is 0 Å². The number of piperidine rings is 1. The molecule has 1 atom stereocenters. The second-order valence-corrected chi connectivity index (χ2v) is 14.0. The van der Waals surface area contributed by atoms with E-state index in [4.69, 9.17) is 4.74 Å². The Morgan fingerprint density at radius 1 is 0.940 bits per heavy atom. The Kier molecular flexibility index (Phi) is 7.60. The maximum absolute atomic E-state index is 16.3. The monoisotopic (exact) mass is 674 g/mol. The molecule has 2 amide bonds. The number of halogens is 1. The molecule has 9 rings (SSSR count). The molecule has 0 saturated carbocycles. The first-order valence-corrected chi connectivity index (χ1v) is 17.7. The maximum Gasteiger partial charge on any atom is 0.259 e. The number of benzene rings is 3. The number of fused-ring (bicyclic) bond motifs is 3. The lowest BCUT2D eigenvalue weighted by Gasteiger charge is -2.36. The molecule has 0 bridgehead atoms. The van der Waals surface area contributed by atoms with Gasteiger partial charge in [-0.15, -0.1) is 0 Å². The summed E-state index contributed by atoms with van der Waals surface area (Å²) in [6.07, 6.45) is 8.56. The second-order valence-electron chi connectivity index (χ2n) is 14.0. The summed E-state index contributed by atoms with van der Waals surface area (Å²) in [6.45, 7) is 4.28. The molecule has 11 heteroatoms. The number of aromatic amines is 1. The third-order valence-electron chi connectivity index (χ3n) is 11.0. The second kappa shape index (κ2) is 12.3. The van der Waals surface area contributed by atoms with Crippen LogP contribution in [0.5, 0.6) is 11.5 Å². The molecule has 6 heterocycles. The number of ether oxygens (including phenoxy) is 1. The van der Waals surface area contributed by atoms with Gasteiger partial charge >= 0.3 is 0 Å². The number of nitrogens with one attached hydrogen (secondary N) is 2. The van der Waals surface area contributed by atoms with E-state index in [2.05, 4.69) is 15.2 Å². The van der Waals surface area contributed by atoms with Gasteiger partial charge in [-0.05, 0) is 75.0 Å². The van der Waals surface area contributed by atoms with Gasteiger partial charge in [-0.25, -0.2) is 4.39 Å². The highest BCUT2D eigenvalue weighted by molar-refractivity contribution is 6.01. The molecule has 0 aliphatic carbocycles. The number of carbonyl (C=O) groups is 2. The Hall–Kier alpha value is -5.16. The molecular weight excluding hydrogens is 635 g/mol. The zero-order chi connectivity index (χ0) is 33.9. The largest absolute Gasteiger partial charge is 0.451 e. The molecule has 50 heavy (non-hydrogen) atoms. The highest BCUT2D eigenvalue weighted by atomic mass is 19.1. The van der Waals surface area contributed by atoms with Crippen LogP contribution in [0, 0.1) is 5.82 Å². The van der Waals surface area contributed by atoms with Gasteiger partial charge in [0.25, 0.3) is 5.91 Å². The van der Waals surface area contributed by atoms with E-state index in [-0.39, 0.29) is 46.7 Å². The highest BCUT2D eigenvalue weighted by Gasteiger charge is 2.35. The molecule has 10 nitrogen and oxygen atoms in total. The fraction of sp³-hybridized carbons (Fsp3) is 0.359. The predicted octanol–water partition coefficient (Wildman–Crippen LogP) is 5.35. The molecule has 4 aliphatic rings. The van der Waals surface area contributed by atoms with Crippen molar-refractivity contribution in [2.45, 2.75) is 50.6 Å². The summed E-state index contributed by atoms with van der Waals surface area (Å²) in [5.74, 6) is -0.270. The van der Waals surface area contributed by atoms with E-state index in [1.54, 1.807) is 17.2 Å². The smallest absolute Gasteiger partial charge is 0.259 e. The van der Waals surface area contributed by atoms with Crippen LogP contribution in [0.25, 0.3) is 27.5 Å². The topological polar surface area (TPSA) is 103 Å². The van der Waals surface area contributed by atoms with Crippen molar-refractivity contribution < 1.29 is 18.7 Å². The van der Waals surface area contributed by atoms with Crippen molar-refractivity contribution in [1.29, 1.82) is 0 Å². The van der Waals surface area contributed by atoms with Crippen LogP contribution in [0.3, 0.4) is 0 Å². The number of carbonyl (C=O) groups excluding carboxylic acids is 2. The lowest BCUT2D eigenvalue weighted by molar-refractivity contribution is -0.121. The van der Waals surface area contributed by atoms with Crippen molar-refractivity contribution in [1.82, 2.24) is 24.7 Å². The Labute approximate surface area is 288 Å². The number of H-pyrrole nitrogens is 1. The van der Waals surface area contributed by atoms with Crippen LogP contribution in [0.2, 0.25) is 0 Å². The molecule has 0 radical (unpaired) electrons. The number of para-hydroxylation sites is 3. The summed E-state index contributed by atoms with van der Waals surface area (Å²) < 4.78 is 24.6. The summed E-state index contributed by atoms with van der Waals surface area (Å²) in [6, 6.07) is 16.8. The van der Waals surface area contributed by atoms with Gasteiger partial charge in [0.15, 0.2) is 17.3 Å². The molecule has 4 aliphatic heterocycles. The number of hydrogen-bond donors (Lipinski definition) is 2. The molecule has 0 spiro atoms. The van der Waals surface area contributed by atoms with E-state index < -0.39 is 11.2 Å². The maximum atomic E-state index is 16.3. The van der Waals surface area contributed by atoms with Gasteiger partial charge in [0.1, 0.15) is 16.8 Å². The van der Waals surface area contributed by atoms with Crippen molar-refractivity contribution in [2.24, 2.45) is 0 Å². The number of anilines is 1. The number of nitrogens with zero attached hydrogens (tertiary/aromatic N) is 4. The Bertz CT molecular complexity index is 2210. The van der Waals surface area contributed by atoms with Gasteiger partial charge < -0.3 is 34.3 Å². The summed E-state index contributed by atoms with van der Waals surface area (Å²) in [5.41, 5.74) is 2.79. The summed E-state index contributed by atoms with van der Waals surface area (Å²) >= 11 is 0. The zero-order valence-corrected chi connectivity index (χ0v) is 27.8. The quantitative estimate of drug-likeness (QED) is 0.247. The predicted molar refractivity (Wildman–Crippen MR) is 190 cm³/mol. The number of likely N-dealkylation sites (tertiary alicyclic amines) is 2. The van der Waals surface area contributed by atoms with Gasteiger partial charge in [0, 0.05) is 61.6 Å². The molecule has 1 unspecified atom stereocenters. The third kappa shape index (κ3) is 5.22. The molecule has 3 aromatic carbocycles. The molecule has 5 aromatic rings. The van der Waals surface area contributed by atoms with E-state index in [9.17, 15) is 14.4 Å². The highest BCUT2D eigenvalue weighted by Crippen LogP contribution is 2.47. The van der Waals surface area contributed by atoms with Gasteiger partial charge in [0.2, 0.25) is 11.3 Å². The van der Waals surface area contributed by atoms with Crippen molar-refractivity contribution in [3.63, 3.8) is 0 Å². The van der Waals surface area contributed by atoms with Crippen LogP contribution in [-0.4, -0.2) is 82.5 Å². The van der Waals surface area contributed by atoms with Crippen molar-refractivity contribution in [3.8, 4) is 17.2 Å². The molecule has 2 N–H and O–H groups in total. The zero-order valence-electron chi connectivity index (χ0n) is 27.8. The molecular formula is C39H39FN6O4. The summed E-state index contributed by atoms with van der Waals surface area (Å²) in [7, 11) is 0. The summed E-state index contributed by atoms with van der Waals surface area (Å²) in [5, 5.41) is 4.26. The van der Waals surface area contributed by atoms with Crippen LogP contribution < -0.4 is 20.4 Å². The van der Waals surface area contributed by atoms with E-state index in [0.29, 0.717) is 55.6 Å². The normalized spacial score (nSPS) is 19.3. The molecule has 256 valence electrons. The van der Waals surface area contributed by atoms with Crippen molar-refractivity contribution in [2.75, 3.05) is 44.2 Å². The van der Waals surface area contributed by atoms with Gasteiger partial charge in [-0.3, -0.25) is 14.4 Å². The Morgan fingerprint density at radius 2 is 1.72 bits per heavy atom. The van der Waals surface area contributed by atoms with Crippen LogP contribution in [0.1, 0.15) is 48.0 Å². The van der Waals surface area contributed by atoms with Gasteiger partial charge in [-0.1, -0.05) is 30.3 Å². The van der Waals surface area contributed by atoms with E-state index in [1.807, 2.05) is 58.1 Å². The van der Waals surface area contributed by atoms with Crippen molar-refractivity contribution in [3.05, 3.63) is 94.2 Å². The minimum atomic E-state index is -0.600. The van der Waals surface area contributed by atoms with Crippen LogP contribution in [0.15, 0.2) is 71.8 Å². The van der Waals surface area contributed by atoms with Crippen molar-refractivity contribution >= 4 is 39.3 Å². The average Bonchev–Trinajstić information content (AvgIpc) is 3.92. The molecule has 2 aromatic heterocycles. The first-order chi connectivity index (χ1) is 24.4. The fourth-order valence-electron chi connectivity index (χ4n) is 8.52. The van der Waals surface area contributed by atoms with E-state index in [1.165, 1.54) is 18.9 Å². The third-order valence-corrected chi connectivity index (χ3v) is 11.0.